The Morgan fingerprint density at radius 1 is 1.00 bits per heavy atom. The monoisotopic (exact) mass is 283 g/mol. The zero-order chi connectivity index (χ0) is 13.7. The Morgan fingerprint density at radius 3 is 2.10 bits per heavy atom. The van der Waals surface area contributed by atoms with Crippen LogP contribution in [0.25, 0.3) is 0 Å². The molecule has 0 saturated heterocycles. The van der Waals surface area contributed by atoms with Gasteiger partial charge in [0.05, 0.1) is 11.3 Å². The molecule has 2 aromatic carbocycles. The van der Waals surface area contributed by atoms with Crippen LogP contribution >= 0.6 is 0 Å². The Hall–Kier alpha value is -1.42. The second-order valence-corrected chi connectivity index (χ2v) is 4.28. The fraction of sp³-hybridized carbons (Fsp3) is 0. The van der Waals surface area contributed by atoms with E-state index in [-0.39, 0.29) is 24.6 Å². The van der Waals surface area contributed by atoms with Gasteiger partial charge in [0.25, 0.3) is 0 Å². The Morgan fingerprint density at radius 2 is 1.55 bits per heavy atom. The van der Waals surface area contributed by atoms with Gasteiger partial charge >= 0.3 is 18.9 Å². The van der Waals surface area contributed by atoms with Gasteiger partial charge in [0.15, 0.2) is 5.78 Å². The SMILES string of the molecule is O=C(c1ccccc1)c1ccc(ONS(=O)[O-])cc1.[Li+]. The maximum Gasteiger partial charge on any atom is 1.00 e. The third kappa shape index (κ3) is 4.60. The van der Waals surface area contributed by atoms with Crippen LogP contribution in [-0.2, 0) is 11.3 Å². The maximum absolute atomic E-state index is 12.1. The number of rotatable bonds is 5. The zero-order valence-electron chi connectivity index (χ0n) is 10.7. The van der Waals surface area contributed by atoms with E-state index in [1.807, 2.05) is 6.07 Å². The number of ketones is 1. The van der Waals surface area contributed by atoms with Gasteiger partial charge in [-0.05, 0) is 24.3 Å². The molecular formula is C13H10LiNO4S. The van der Waals surface area contributed by atoms with Crippen LogP contribution in [0.3, 0.4) is 0 Å². The molecule has 0 heterocycles. The van der Waals surface area contributed by atoms with Gasteiger partial charge in [-0.1, -0.05) is 35.2 Å². The van der Waals surface area contributed by atoms with Crippen molar-refractivity contribution in [1.82, 2.24) is 4.89 Å². The minimum atomic E-state index is -2.50. The van der Waals surface area contributed by atoms with E-state index in [2.05, 4.69) is 0 Å². The molecule has 2 rings (SSSR count). The molecule has 0 spiro atoms. The van der Waals surface area contributed by atoms with Crippen molar-refractivity contribution in [2.45, 2.75) is 0 Å². The molecule has 1 atom stereocenters. The molecule has 0 aliphatic rings. The summed E-state index contributed by atoms with van der Waals surface area (Å²) in [5.41, 5.74) is 1.09. The summed E-state index contributed by atoms with van der Waals surface area (Å²) in [5, 5.41) is 0. The van der Waals surface area contributed by atoms with E-state index in [1.54, 1.807) is 41.3 Å². The fourth-order valence-corrected chi connectivity index (χ4v) is 1.68. The minimum absolute atomic E-state index is 0. The summed E-state index contributed by atoms with van der Waals surface area (Å²) in [5.74, 6) is 0.196. The van der Waals surface area contributed by atoms with Gasteiger partial charge < -0.3 is 9.39 Å². The Balaban J connectivity index is 0.00000200. The van der Waals surface area contributed by atoms with E-state index in [9.17, 15) is 13.6 Å². The largest absolute Gasteiger partial charge is 1.00 e. The van der Waals surface area contributed by atoms with Gasteiger partial charge in [0, 0.05) is 11.1 Å². The van der Waals surface area contributed by atoms with Crippen LogP contribution in [0.1, 0.15) is 15.9 Å². The zero-order valence-corrected chi connectivity index (χ0v) is 11.6. The molecule has 0 aliphatic heterocycles. The molecule has 1 unspecified atom stereocenters. The number of benzene rings is 2. The standard InChI is InChI=1S/C13H11NO4S.Li/c15-13(10-4-2-1-3-5-10)11-6-8-12(9-7-11)18-14-19(16)17;/h1-9,14H,(H,16,17);/q;+1/p-1. The van der Waals surface area contributed by atoms with E-state index in [1.165, 1.54) is 12.1 Å². The van der Waals surface area contributed by atoms with Gasteiger partial charge in [0.2, 0.25) is 0 Å². The molecule has 0 saturated carbocycles. The van der Waals surface area contributed by atoms with E-state index < -0.39 is 11.3 Å². The molecule has 1 N–H and O–H groups in total. The Kier molecular flexibility index (Phi) is 6.65. The van der Waals surface area contributed by atoms with Gasteiger partial charge in [0.1, 0.15) is 5.75 Å². The second-order valence-electron chi connectivity index (χ2n) is 3.64. The Bertz CT molecular complexity index is 589. The number of carbonyl (C=O) groups is 1. The van der Waals surface area contributed by atoms with Crippen molar-refractivity contribution in [3.8, 4) is 5.75 Å². The van der Waals surface area contributed by atoms with E-state index >= 15 is 0 Å². The van der Waals surface area contributed by atoms with Crippen molar-refractivity contribution in [1.29, 1.82) is 0 Å². The molecule has 2 aromatic rings. The predicted molar refractivity (Wildman–Crippen MR) is 69.0 cm³/mol. The van der Waals surface area contributed by atoms with Crippen molar-refractivity contribution in [3.63, 3.8) is 0 Å². The van der Waals surface area contributed by atoms with Crippen LogP contribution < -0.4 is 28.6 Å². The topological polar surface area (TPSA) is 78.5 Å². The minimum Gasteiger partial charge on any atom is -0.758 e. The van der Waals surface area contributed by atoms with Crippen molar-refractivity contribution in [2.24, 2.45) is 0 Å². The summed E-state index contributed by atoms with van der Waals surface area (Å²) in [6.07, 6.45) is 0. The first-order chi connectivity index (χ1) is 9.16. The first kappa shape index (κ1) is 16.6. The molecule has 0 radical (unpaired) electrons. The van der Waals surface area contributed by atoms with E-state index in [0.29, 0.717) is 16.9 Å². The molecule has 0 aliphatic carbocycles. The van der Waals surface area contributed by atoms with Gasteiger partial charge in [-0.3, -0.25) is 9.00 Å². The third-order valence-corrected chi connectivity index (χ3v) is 2.60. The Labute approximate surface area is 130 Å². The molecular weight excluding hydrogens is 273 g/mol. The van der Waals surface area contributed by atoms with Crippen LogP contribution in [0.5, 0.6) is 5.75 Å². The smallest absolute Gasteiger partial charge is 0.758 e. The molecule has 20 heavy (non-hydrogen) atoms. The van der Waals surface area contributed by atoms with Crippen molar-refractivity contribution >= 4 is 17.0 Å². The average Bonchev–Trinajstić information content (AvgIpc) is 2.46. The quantitative estimate of drug-likeness (QED) is 0.317. The predicted octanol–water partition coefficient (Wildman–Crippen LogP) is -1.40. The molecule has 0 aromatic heterocycles. The number of hydrogen-bond acceptors (Lipinski definition) is 4. The third-order valence-electron chi connectivity index (χ3n) is 2.38. The second kappa shape index (κ2) is 8.00. The summed E-state index contributed by atoms with van der Waals surface area (Å²) in [7, 11) is 0. The van der Waals surface area contributed by atoms with Gasteiger partial charge in [-0.25, -0.2) is 0 Å². The van der Waals surface area contributed by atoms with Crippen molar-refractivity contribution < 1.29 is 37.3 Å². The molecule has 7 heteroatoms. The van der Waals surface area contributed by atoms with Crippen LogP contribution in [0, 0.1) is 0 Å². The summed E-state index contributed by atoms with van der Waals surface area (Å²) >= 11 is -2.50. The van der Waals surface area contributed by atoms with Gasteiger partial charge in [-0.2, -0.15) is 0 Å². The summed E-state index contributed by atoms with van der Waals surface area (Å²) in [6.45, 7) is 0. The van der Waals surface area contributed by atoms with Crippen LogP contribution in [-0.4, -0.2) is 14.5 Å². The molecule has 0 bridgehead atoms. The summed E-state index contributed by atoms with van der Waals surface area (Å²) in [6, 6.07) is 15.0. The number of hydrogen-bond donors (Lipinski definition) is 1. The van der Waals surface area contributed by atoms with Crippen LogP contribution in [0.15, 0.2) is 54.6 Å². The van der Waals surface area contributed by atoms with E-state index in [4.69, 9.17) is 4.84 Å². The molecule has 0 fully saturated rings. The van der Waals surface area contributed by atoms with Crippen molar-refractivity contribution in [2.75, 3.05) is 0 Å². The van der Waals surface area contributed by atoms with Crippen molar-refractivity contribution in [3.05, 3.63) is 65.7 Å². The first-order valence-corrected chi connectivity index (χ1v) is 6.46. The molecule has 98 valence electrons. The first-order valence-electron chi connectivity index (χ1n) is 5.38. The van der Waals surface area contributed by atoms with Crippen LogP contribution in [0.4, 0.5) is 0 Å². The normalized spacial score (nSPS) is 11.2. The van der Waals surface area contributed by atoms with Gasteiger partial charge in [-0.15, -0.1) is 0 Å². The fourth-order valence-electron chi connectivity index (χ4n) is 1.51. The average molecular weight is 283 g/mol. The molecule has 0 amide bonds. The summed E-state index contributed by atoms with van der Waals surface area (Å²) in [4.78, 5) is 18.6. The number of carbonyl (C=O) groups excluding carboxylic acids is 1. The number of nitrogens with one attached hydrogen (secondary N) is 1. The van der Waals surface area contributed by atoms with Crippen LogP contribution in [0.2, 0.25) is 0 Å². The maximum atomic E-state index is 12.1. The van der Waals surface area contributed by atoms with E-state index in [0.717, 1.165) is 0 Å². The molecule has 5 nitrogen and oxygen atoms in total. The summed E-state index contributed by atoms with van der Waals surface area (Å²) < 4.78 is 20.5.